The molecule has 8 rings (SSSR count). The van der Waals surface area contributed by atoms with Crippen LogP contribution in [-0.2, 0) is 38.9 Å². The fourth-order valence-corrected chi connectivity index (χ4v) is 12.3. The SMILES string of the molecule is CO[C@@](C(=O)O[C@H]1C=CC(=O)[C@]2(C)[C@H]3CC[C@@]4(C)[C@@H](C[C@@H](O)[C@]4(O)[C@@H]4C[C@]5(C)C[C@H]4OC(=O)[C@]5(C)O)[C@@H]3C[C@H]3O[C@]132)(c1ccccc1)C(F)(F)F. The molecular weight excluding hydrogens is 673 g/mol. The number of benzene rings is 1. The van der Waals surface area contributed by atoms with Crippen molar-refractivity contribution in [3.63, 3.8) is 0 Å². The van der Waals surface area contributed by atoms with Crippen LogP contribution in [0.15, 0.2) is 42.5 Å². The molecule has 0 unspecified atom stereocenters. The van der Waals surface area contributed by atoms with Crippen molar-refractivity contribution in [2.75, 3.05) is 7.11 Å². The molecule has 5 aliphatic carbocycles. The summed E-state index contributed by atoms with van der Waals surface area (Å²) in [5.41, 5.74) is -11.7. The van der Waals surface area contributed by atoms with Crippen LogP contribution in [0.3, 0.4) is 0 Å². The Kier molecular flexibility index (Phi) is 7.20. The fraction of sp³-hybridized carbons (Fsp3) is 0.711. The van der Waals surface area contributed by atoms with Gasteiger partial charge >= 0.3 is 18.1 Å². The zero-order chi connectivity index (χ0) is 36.9. The van der Waals surface area contributed by atoms with E-state index in [0.29, 0.717) is 25.7 Å². The molecule has 278 valence electrons. The van der Waals surface area contributed by atoms with Crippen LogP contribution in [0.25, 0.3) is 0 Å². The van der Waals surface area contributed by atoms with Crippen molar-refractivity contribution < 1.29 is 61.8 Å². The van der Waals surface area contributed by atoms with E-state index in [-0.39, 0.29) is 36.4 Å². The van der Waals surface area contributed by atoms with Gasteiger partial charge in [-0.2, -0.15) is 13.2 Å². The minimum atomic E-state index is -5.19. The minimum absolute atomic E-state index is 0.218. The molecule has 1 aromatic carbocycles. The van der Waals surface area contributed by atoms with Crippen molar-refractivity contribution in [1.29, 1.82) is 0 Å². The van der Waals surface area contributed by atoms with Crippen LogP contribution in [-0.4, -0.2) is 87.5 Å². The molecule has 7 aliphatic rings. The van der Waals surface area contributed by atoms with E-state index >= 15 is 0 Å². The Balaban J connectivity index is 1.11. The largest absolute Gasteiger partial charge is 0.460 e. The average molecular weight is 719 g/mol. The third kappa shape index (κ3) is 3.94. The van der Waals surface area contributed by atoms with Crippen LogP contribution >= 0.6 is 0 Å². The number of rotatable bonds is 5. The number of epoxide rings is 1. The number of ketones is 1. The van der Waals surface area contributed by atoms with E-state index in [0.717, 1.165) is 19.2 Å². The second kappa shape index (κ2) is 10.4. The maximum absolute atomic E-state index is 14.8. The topological polar surface area (TPSA) is 152 Å². The van der Waals surface area contributed by atoms with Gasteiger partial charge in [0.1, 0.15) is 17.3 Å². The molecule has 0 radical (unpaired) electrons. The summed E-state index contributed by atoms with van der Waals surface area (Å²) >= 11 is 0. The van der Waals surface area contributed by atoms with Gasteiger partial charge in [0.05, 0.1) is 17.6 Å². The summed E-state index contributed by atoms with van der Waals surface area (Å²) in [4.78, 5) is 40.6. The summed E-state index contributed by atoms with van der Waals surface area (Å²) in [7, 11) is 0.799. The number of aliphatic hydroxyl groups is 3. The molecular formula is C38H45F3O10. The van der Waals surface area contributed by atoms with Crippen LogP contribution in [0.5, 0.6) is 0 Å². The number of carbonyl (C=O) groups is 3. The highest BCUT2D eigenvalue weighted by Crippen LogP contribution is 2.75. The number of esters is 2. The van der Waals surface area contributed by atoms with Crippen molar-refractivity contribution in [3.8, 4) is 0 Å². The predicted octanol–water partition coefficient (Wildman–Crippen LogP) is 3.93. The van der Waals surface area contributed by atoms with E-state index in [9.17, 15) is 42.9 Å². The summed E-state index contributed by atoms with van der Waals surface area (Å²) in [5.74, 6) is -4.23. The lowest BCUT2D eigenvalue weighted by Gasteiger charge is -2.59. The van der Waals surface area contributed by atoms with Gasteiger partial charge in [0.25, 0.3) is 5.60 Å². The molecule has 0 amide bonds. The van der Waals surface area contributed by atoms with Crippen molar-refractivity contribution in [2.45, 2.75) is 119 Å². The van der Waals surface area contributed by atoms with E-state index in [1.54, 1.807) is 6.92 Å². The van der Waals surface area contributed by atoms with E-state index < -0.39 is 92.7 Å². The molecule has 4 saturated carbocycles. The number of allylic oxidation sites excluding steroid dienone is 1. The molecule has 6 fully saturated rings. The lowest BCUT2D eigenvalue weighted by atomic mass is 9.43. The van der Waals surface area contributed by atoms with Gasteiger partial charge in [-0.3, -0.25) is 4.79 Å². The highest BCUT2D eigenvalue weighted by atomic mass is 19.4. The van der Waals surface area contributed by atoms with Gasteiger partial charge in [0.2, 0.25) is 0 Å². The highest BCUT2D eigenvalue weighted by Gasteiger charge is 2.83. The standard InChI is InChI=1S/C38H45F3O10/c1-31-17-23(24(18-31)49-29(44)34(31,4)46)35(47)26(43)16-22-20-15-28-37(51-28)27(12-11-25(42)33(37,3)21(20)13-14-32(22,35)2)50-30(45)36(48-5,38(39,40)41)19-9-7-6-8-10-19/h6-12,20-24,26-28,43,46-47H,13-18H2,1-5H3/t20-,21+,22+,23-,24-,26-,27+,28-,31-,32+,33+,34+,35-,36-,37-/m1/s1. The Morgan fingerprint density at radius 2 is 1.67 bits per heavy atom. The lowest BCUT2D eigenvalue weighted by Crippen LogP contribution is -2.66. The summed E-state index contributed by atoms with van der Waals surface area (Å²) in [5, 5.41) is 35.7. The van der Waals surface area contributed by atoms with Crippen molar-refractivity contribution in [3.05, 3.63) is 48.0 Å². The first-order valence-corrected chi connectivity index (χ1v) is 17.8. The predicted molar refractivity (Wildman–Crippen MR) is 170 cm³/mol. The minimum Gasteiger partial charge on any atom is -0.460 e. The molecule has 13 heteroatoms. The summed E-state index contributed by atoms with van der Waals surface area (Å²) in [6.07, 6.45) is -4.43. The molecule has 2 saturated heterocycles. The smallest absolute Gasteiger partial charge is 0.432 e. The monoisotopic (exact) mass is 718 g/mol. The number of hydrogen-bond donors (Lipinski definition) is 3. The molecule has 10 nitrogen and oxygen atoms in total. The van der Waals surface area contributed by atoms with Crippen LogP contribution in [0.2, 0.25) is 0 Å². The fourth-order valence-electron chi connectivity index (χ4n) is 12.3. The highest BCUT2D eigenvalue weighted by molar-refractivity contribution is 5.98. The first kappa shape index (κ1) is 35.2. The summed E-state index contributed by atoms with van der Waals surface area (Å²) < 4.78 is 67.1. The van der Waals surface area contributed by atoms with Crippen molar-refractivity contribution in [1.82, 2.24) is 0 Å². The average Bonchev–Trinajstić information content (AvgIpc) is 3.65. The number of halogens is 3. The Hall–Kier alpha value is -2.84. The third-order valence-corrected chi connectivity index (χ3v) is 15.5. The van der Waals surface area contributed by atoms with Crippen molar-refractivity contribution >= 4 is 17.7 Å². The molecule has 0 aromatic heterocycles. The molecule has 3 N–H and O–H groups in total. The maximum Gasteiger partial charge on any atom is 0.432 e. The summed E-state index contributed by atoms with van der Waals surface area (Å²) in [6, 6.07) is 6.54. The van der Waals surface area contributed by atoms with Crippen LogP contribution < -0.4 is 0 Å². The number of methoxy groups -OCH3 is 1. The van der Waals surface area contributed by atoms with E-state index in [1.807, 2.05) is 13.8 Å². The van der Waals surface area contributed by atoms with Gasteiger partial charge in [-0.15, -0.1) is 0 Å². The molecule has 2 aliphatic heterocycles. The second-order valence-electron chi connectivity index (χ2n) is 17.1. The molecule has 2 bridgehead atoms. The van der Waals surface area contributed by atoms with Gasteiger partial charge in [-0.25, -0.2) is 9.59 Å². The maximum atomic E-state index is 14.8. The van der Waals surface area contributed by atoms with Gasteiger partial charge in [0, 0.05) is 29.4 Å². The van der Waals surface area contributed by atoms with Gasteiger partial charge in [-0.1, -0.05) is 44.2 Å². The quantitative estimate of drug-likeness (QED) is 0.302. The number of aliphatic hydroxyl groups excluding tert-OH is 1. The molecule has 51 heavy (non-hydrogen) atoms. The van der Waals surface area contributed by atoms with Gasteiger partial charge in [0.15, 0.2) is 17.5 Å². The normalized spacial score (nSPS) is 50.6. The second-order valence-corrected chi connectivity index (χ2v) is 17.1. The molecule has 1 aromatic rings. The molecule has 2 heterocycles. The van der Waals surface area contributed by atoms with Crippen LogP contribution in [0.4, 0.5) is 13.2 Å². The molecule has 1 spiro atoms. The van der Waals surface area contributed by atoms with E-state index in [1.165, 1.54) is 37.3 Å². The zero-order valence-electron chi connectivity index (χ0n) is 29.2. The number of alkyl halides is 3. The Bertz CT molecular complexity index is 1710. The van der Waals surface area contributed by atoms with Crippen molar-refractivity contribution in [2.24, 2.45) is 39.9 Å². The van der Waals surface area contributed by atoms with Crippen LogP contribution in [0, 0.1) is 39.9 Å². The Morgan fingerprint density at radius 3 is 2.31 bits per heavy atom. The van der Waals surface area contributed by atoms with E-state index in [4.69, 9.17) is 18.9 Å². The lowest BCUT2D eigenvalue weighted by molar-refractivity contribution is -0.279. The van der Waals surface area contributed by atoms with E-state index in [2.05, 4.69) is 0 Å². The number of ether oxygens (including phenoxy) is 4. The Morgan fingerprint density at radius 1 is 0.980 bits per heavy atom. The number of fused-ring (bicyclic) bond motifs is 6. The molecule has 15 atom stereocenters. The first-order chi connectivity index (χ1) is 23.7. The van der Waals surface area contributed by atoms with Gasteiger partial charge < -0.3 is 34.3 Å². The van der Waals surface area contributed by atoms with Gasteiger partial charge in [-0.05, 0) is 82.3 Å². The third-order valence-electron chi connectivity index (χ3n) is 15.5. The first-order valence-electron chi connectivity index (χ1n) is 17.8. The van der Waals surface area contributed by atoms with Crippen LogP contribution in [0.1, 0.15) is 71.8 Å². The zero-order valence-corrected chi connectivity index (χ0v) is 29.2. The Labute approximate surface area is 293 Å². The number of carbonyl (C=O) groups excluding carboxylic acids is 3. The summed E-state index contributed by atoms with van der Waals surface area (Å²) in [6.45, 7) is 6.93. The number of hydrogen-bond acceptors (Lipinski definition) is 10.